The lowest BCUT2D eigenvalue weighted by atomic mass is 9.81. The van der Waals surface area contributed by atoms with Gasteiger partial charge in [0.15, 0.2) is 0 Å². The molecule has 0 amide bonds. The number of benzene rings is 2. The molecule has 3 heterocycles. The van der Waals surface area contributed by atoms with Gasteiger partial charge in [-0.3, -0.25) is 4.90 Å². The van der Waals surface area contributed by atoms with Crippen LogP contribution in [0.2, 0.25) is 0 Å². The summed E-state index contributed by atoms with van der Waals surface area (Å²) in [7, 11) is 2.24. The number of hydrogen-bond donors (Lipinski definition) is 1. The van der Waals surface area contributed by atoms with Crippen molar-refractivity contribution < 1.29 is 4.74 Å². The first-order valence-electron chi connectivity index (χ1n) is 10.7. The molecule has 3 aromatic rings. The largest absolute Gasteiger partial charge is 0.379 e. The number of rotatable bonds is 3. The number of ether oxygens (including phenoxy) is 1. The second-order valence-corrected chi connectivity index (χ2v) is 9.15. The van der Waals surface area contributed by atoms with E-state index in [4.69, 9.17) is 4.74 Å². The molecule has 0 bridgehead atoms. The Balaban J connectivity index is 1.51. The van der Waals surface area contributed by atoms with E-state index >= 15 is 0 Å². The molecule has 1 saturated heterocycles. The van der Waals surface area contributed by atoms with Gasteiger partial charge < -0.3 is 14.6 Å². The number of hydrogen-bond acceptors (Lipinski definition) is 3. The number of aromatic nitrogens is 1. The minimum atomic E-state index is 0.0222. The standard InChI is InChI=1S/C25H31N3O/c1-25(2,28-10-12-29-13-11-28)21-5-6-22-20(15-21)16-27(3)17-23(22)18-4-7-24-19(14-18)8-9-26-24/h4-9,14-15,23,26H,10-13,16-17H2,1-3H3. The maximum absolute atomic E-state index is 5.57. The number of morpholine rings is 1. The van der Waals surface area contributed by atoms with E-state index in [1.807, 2.05) is 6.20 Å². The highest BCUT2D eigenvalue weighted by Crippen LogP contribution is 2.37. The van der Waals surface area contributed by atoms with Crippen molar-refractivity contribution in [1.82, 2.24) is 14.8 Å². The van der Waals surface area contributed by atoms with Crippen molar-refractivity contribution in [2.45, 2.75) is 31.8 Å². The van der Waals surface area contributed by atoms with Gasteiger partial charge in [0.25, 0.3) is 0 Å². The van der Waals surface area contributed by atoms with Crippen LogP contribution in [0.1, 0.15) is 42.0 Å². The van der Waals surface area contributed by atoms with E-state index in [1.54, 1.807) is 0 Å². The predicted molar refractivity (Wildman–Crippen MR) is 118 cm³/mol. The van der Waals surface area contributed by atoms with Crippen molar-refractivity contribution in [3.63, 3.8) is 0 Å². The zero-order valence-electron chi connectivity index (χ0n) is 17.7. The fourth-order valence-electron chi connectivity index (χ4n) is 5.11. The number of H-pyrrole nitrogens is 1. The van der Waals surface area contributed by atoms with Gasteiger partial charge in [0.2, 0.25) is 0 Å². The highest BCUT2D eigenvalue weighted by atomic mass is 16.5. The fourth-order valence-corrected chi connectivity index (χ4v) is 5.11. The van der Waals surface area contributed by atoms with Crippen LogP contribution >= 0.6 is 0 Å². The summed E-state index contributed by atoms with van der Waals surface area (Å²) < 4.78 is 5.57. The van der Waals surface area contributed by atoms with Crippen LogP contribution in [-0.2, 0) is 16.8 Å². The maximum atomic E-state index is 5.57. The topological polar surface area (TPSA) is 31.5 Å². The summed E-state index contributed by atoms with van der Waals surface area (Å²) >= 11 is 0. The molecule has 2 aliphatic rings. The quantitative estimate of drug-likeness (QED) is 0.724. The number of aromatic amines is 1. The molecule has 5 rings (SSSR count). The van der Waals surface area contributed by atoms with E-state index in [0.29, 0.717) is 5.92 Å². The van der Waals surface area contributed by atoms with E-state index in [-0.39, 0.29) is 5.54 Å². The SMILES string of the molecule is CN1Cc2cc(C(C)(C)N3CCOCC3)ccc2C(c2ccc3[nH]ccc3c2)C1. The van der Waals surface area contributed by atoms with E-state index < -0.39 is 0 Å². The molecule has 0 spiro atoms. The van der Waals surface area contributed by atoms with Crippen LogP contribution in [0.25, 0.3) is 10.9 Å². The molecule has 1 aromatic heterocycles. The van der Waals surface area contributed by atoms with Gasteiger partial charge in [0.05, 0.1) is 13.2 Å². The normalized spacial score (nSPS) is 21.4. The molecule has 1 unspecified atom stereocenters. The molecule has 0 radical (unpaired) electrons. The molecule has 0 aliphatic carbocycles. The van der Waals surface area contributed by atoms with E-state index in [2.05, 4.69) is 78.1 Å². The fraction of sp³-hybridized carbons (Fsp3) is 0.440. The predicted octanol–water partition coefficient (Wildman–Crippen LogP) is 4.31. The van der Waals surface area contributed by atoms with Crippen LogP contribution in [0, 0.1) is 0 Å². The van der Waals surface area contributed by atoms with E-state index in [0.717, 1.165) is 39.4 Å². The van der Waals surface area contributed by atoms with Crippen LogP contribution in [0.3, 0.4) is 0 Å². The Hall–Kier alpha value is -2.14. The Kier molecular flexibility index (Phi) is 4.73. The third-order valence-electron chi connectivity index (χ3n) is 6.94. The van der Waals surface area contributed by atoms with Crippen LogP contribution < -0.4 is 0 Å². The zero-order chi connectivity index (χ0) is 20.0. The molecular weight excluding hydrogens is 358 g/mol. The van der Waals surface area contributed by atoms with Crippen LogP contribution in [0.15, 0.2) is 48.7 Å². The first-order valence-corrected chi connectivity index (χ1v) is 10.7. The first-order chi connectivity index (χ1) is 14.0. The Morgan fingerprint density at radius 1 is 1.03 bits per heavy atom. The summed E-state index contributed by atoms with van der Waals surface area (Å²) in [5.41, 5.74) is 7.00. The Morgan fingerprint density at radius 3 is 2.69 bits per heavy atom. The minimum Gasteiger partial charge on any atom is -0.379 e. The number of nitrogens with zero attached hydrogens (tertiary/aromatic N) is 2. The Bertz CT molecular complexity index is 1020. The molecule has 1 fully saturated rings. The Morgan fingerprint density at radius 2 is 1.86 bits per heavy atom. The lowest BCUT2D eigenvalue weighted by Crippen LogP contribution is -2.48. The van der Waals surface area contributed by atoms with Gasteiger partial charge in [-0.15, -0.1) is 0 Å². The van der Waals surface area contributed by atoms with E-state index in [1.165, 1.54) is 33.2 Å². The summed E-state index contributed by atoms with van der Waals surface area (Å²) in [6.45, 7) is 10.5. The maximum Gasteiger partial charge on any atom is 0.0594 e. The molecular formula is C25H31N3O. The van der Waals surface area contributed by atoms with E-state index in [9.17, 15) is 0 Å². The van der Waals surface area contributed by atoms with Gasteiger partial charge >= 0.3 is 0 Å². The lowest BCUT2D eigenvalue weighted by molar-refractivity contribution is -0.0118. The molecule has 1 N–H and O–H groups in total. The van der Waals surface area contributed by atoms with Gasteiger partial charge in [-0.25, -0.2) is 0 Å². The van der Waals surface area contributed by atoms with Crippen LogP contribution in [-0.4, -0.2) is 54.7 Å². The van der Waals surface area contributed by atoms with Crippen molar-refractivity contribution >= 4 is 10.9 Å². The third-order valence-corrected chi connectivity index (χ3v) is 6.94. The van der Waals surface area contributed by atoms with Gasteiger partial charge in [-0.05, 0) is 66.7 Å². The molecule has 1 atom stereocenters. The average Bonchev–Trinajstić information content (AvgIpc) is 3.21. The second-order valence-electron chi connectivity index (χ2n) is 9.15. The molecule has 29 heavy (non-hydrogen) atoms. The summed E-state index contributed by atoms with van der Waals surface area (Å²) in [6, 6.07) is 16.2. The minimum absolute atomic E-state index is 0.0222. The smallest absolute Gasteiger partial charge is 0.0594 e. The first kappa shape index (κ1) is 18.9. The van der Waals surface area contributed by atoms with Crippen LogP contribution in [0.5, 0.6) is 0 Å². The van der Waals surface area contributed by atoms with Gasteiger partial charge in [-0.1, -0.05) is 24.3 Å². The molecule has 2 aromatic carbocycles. The summed E-state index contributed by atoms with van der Waals surface area (Å²) in [4.78, 5) is 8.32. The van der Waals surface area contributed by atoms with Crippen molar-refractivity contribution in [2.75, 3.05) is 39.9 Å². The molecule has 0 saturated carbocycles. The highest BCUT2D eigenvalue weighted by Gasteiger charge is 2.32. The van der Waals surface area contributed by atoms with Gasteiger partial charge in [-0.2, -0.15) is 0 Å². The monoisotopic (exact) mass is 389 g/mol. The molecule has 152 valence electrons. The number of likely N-dealkylation sites (N-methyl/N-ethyl adjacent to an activating group) is 1. The number of fused-ring (bicyclic) bond motifs is 2. The lowest BCUT2D eigenvalue weighted by Gasteiger charge is -2.42. The van der Waals surface area contributed by atoms with Gasteiger partial charge in [0, 0.05) is 49.3 Å². The average molecular weight is 390 g/mol. The summed E-state index contributed by atoms with van der Waals surface area (Å²) in [5, 5.41) is 1.29. The second kappa shape index (κ2) is 7.28. The molecule has 4 nitrogen and oxygen atoms in total. The summed E-state index contributed by atoms with van der Waals surface area (Å²) in [6.07, 6.45) is 2.02. The van der Waals surface area contributed by atoms with Crippen molar-refractivity contribution in [1.29, 1.82) is 0 Å². The third kappa shape index (κ3) is 3.39. The van der Waals surface area contributed by atoms with Gasteiger partial charge in [0.1, 0.15) is 0 Å². The van der Waals surface area contributed by atoms with Crippen molar-refractivity contribution in [3.05, 3.63) is 70.9 Å². The van der Waals surface area contributed by atoms with Crippen LogP contribution in [0.4, 0.5) is 0 Å². The molecule has 2 aliphatic heterocycles. The van der Waals surface area contributed by atoms with Crippen molar-refractivity contribution in [3.8, 4) is 0 Å². The highest BCUT2D eigenvalue weighted by molar-refractivity contribution is 5.80. The number of nitrogens with one attached hydrogen (secondary N) is 1. The van der Waals surface area contributed by atoms with Crippen molar-refractivity contribution in [2.24, 2.45) is 0 Å². The Labute approximate surface area is 173 Å². The summed E-state index contributed by atoms with van der Waals surface area (Å²) in [5.74, 6) is 0.420. The molecule has 4 heteroatoms. The zero-order valence-corrected chi connectivity index (χ0v) is 17.7.